The van der Waals surface area contributed by atoms with Gasteiger partial charge in [0.25, 0.3) is 0 Å². The summed E-state index contributed by atoms with van der Waals surface area (Å²) in [5.74, 6) is 1.10. The lowest BCUT2D eigenvalue weighted by molar-refractivity contribution is 0.121. The largest absolute Gasteiger partial charge is 0.311 e. The number of nitrogens with zero attached hydrogens (tertiary/aromatic N) is 2. The fraction of sp³-hybridized carbons (Fsp3) is 0.552. The topological polar surface area (TPSA) is 6.48 Å². The maximum absolute atomic E-state index is 2.85. The van der Waals surface area contributed by atoms with Crippen molar-refractivity contribution in [2.75, 3.05) is 9.80 Å². The van der Waals surface area contributed by atoms with E-state index in [0.717, 1.165) is 12.8 Å². The molecule has 70 heavy (non-hydrogen) atoms. The Balaban J connectivity index is 1.19. The van der Waals surface area contributed by atoms with Crippen molar-refractivity contribution in [2.45, 2.75) is 220 Å². The molecule has 8 aliphatic rings. The van der Waals surface area contributed by atoms with Gasteiger partial charge in [-0.2, -0.15) is 0 Å². The summed E-state index contributed by atoms with van der Waals surface area (Å²) in [5, 5.41) is 0. The monoisotopic (exact) mass is 929 g/mol. The van der Waals surface area contributed by atoms with Crippen molar-refractivity contribution < 1.29 is 0 Å². The van der Waals surface area contributed by atoms with Crippen LogP contribution in [0.3, 0.4) is 0 Å². The van der Waals surface area contributed by atoms with E-state index in [-0.39, 0.29) is 44.6 Å². The summed E-state index contributed by atoms with van der Waals surface area (Å²) < 4.78 is 0. The molecule has 366 valence electrons. The van der Waals surface area contributed by atoms with E-state index in [1.165, 1.54) is 127 Å². The van der Waals surface area contributed by atoms with E-state index in [4.69, 9.17) is 0 Å². The Hall–Kier alpha value is -4.24. The average Bonchev–Trinajstić information content (AvgIpc) is 3.68. The maximum atomic E-state index is 2.85. The lowest BCUT2D eigenvalue weighted by atomic mass is 9.32. The van der Waals surface area contributed by atoms with Gasteiger partial charge >= 0.3 is 0 Å². The van der Waals surface area contributed by atoms with Crippen LogP contribution in [0.25, 0.3) is 0 Å². The number of hydrogen-bond donors (Lipinski definition) is 0. The van der Waals surface area contributed by atoms with Crippen LogP contribution in [0.2, 0.25) is 0 Å². The molecule has 0 spiro atoms. The standard InChI is InChI=1S/C67H85BN2/c1-61(2,3)44-21-23-45(24-22-44)70-58-36-42(41-19-17-16-18-20-41)35-57-59(58)68(55-34-43-33-49-51(38-47(43)60(55)70)65(10,11)30-29-63(49,6)7)54-39-52-53(67(14,15)32-31-66(52,12)13)40-56(54)69(57)46-25-26-48-50(37-46)64(8,9)28-27-62(48,4)5/h21-26,33,35-37,39-41,51H,16-20,27-32,34,38H2,1-15H3. The van der Waals surface area contributed by atoms with Gasteiger partial charge in [0.1, 0.15) is 0 Å². The van der Waals surface area contributed by atoms with Gasteiger partial charge in [-0.05, 0) is 212 Å². The maximum Gasteiger partial charge on any atom is 0.247 e. The van der Waals surface area contributed by atoms with Crippen molar-refractivity contribution in [1.29, 1.82) is 0 Å². The zero-order chi connectivity index (χ0) is 49.5. The Morgan fingerprint density at radius 3 is 1.73 bits per heavy atom. The fourth-order valence-electron chi connectivity index (χ4n) is 15.7. The molecule has 0 radical (unpaired) electrons. The number of hydrogen-bond acceptors (Lipinski definition) is 2. The zero-order valence-electron chi connectivity index (χ0n) is 46.2. The Morgan fingerprint density at radius 2 is 1.10 bits per heavy atom. The Morgan fingerprint density at radius 1 is 0.543 bits per heavy atom. The van der Waals surface area contributed by atoms with Crippen molar-refractivity contribution in [3.8, 4) is 0 Å². The first-order valence-corrected chi connectivity index (χ1v) is 28.2. The van der Waals surface area contributed by atoms with E-state index in [1.54, 1.807) is 44.4 Å². The number of anilines is 5. The molecule has 0 N–H and O–H groups in total. The van der Waals surface area contributed by atoms with Crippen LogP contribution in [0.4, 0.5) is 28.4 Å². The van der Waals surface area contributed by atoms with Crippen molar-refractivity contribution >= 4 is 46.1 Å². The first-order chi connectivity index (χ1) is 32.8. The summed E-state index contributed by atoms with van der Waals surface area (Å²) in [7, 11) is 0. The van der Waals surface area contributed by atoms with E-state index in [9.17, 15) is 0 Å². The molecule has 1 atom stereocenters. The van der Waals surface area contributed by atoms with Crippen molar-refractivity contribution in [1.82, 2.24) is 0 Å². The molecule has 1 unspecified atom stereocenters. The number of allylic oxidation sites excluding steroid dienone is 5. The van der Waals surface area contributed by atoms with Gasteiger partial charge in [-0.25, -0.2) is 0 Å². The molecular weight excluding hydrogens is 844 g/mol. The van der Waals surface area contributed by atoms with Crippen LogP contribution in [0, 0.1) is 16.7 Å². The molecule has 2 fully saturated rings. The zero-order valence-corrected chi connectivity index (χ0v) is 46.2. The van der Waals surface area contributed by atoms with Crippen molar-refractivity contribution in [2.24, 2.45) is 16.7 Å². The van der Waals surface area contributed by atoms with Crippen LogP contribution in [0.1, 0.15) is 227 Å². The minimum atomic E-state index is 0.0767. The summed E-state index contributed by atoms with van der Waals surface area (Å²) in [6, 6.07) is 28.6. The molecule has 0 aromatic heterocycles. The molecule has 0 amide bonds. The third-order valence-corrected chi connectivity index (χ3v) is 20.8. The lowest BCUT2D eigenvalue weighted by Gasteiger charge is -2.51. The van der Waals surface area contributed by atoms with E-state index in [2.05, 4.69) is 186 Å². The fourth-order valence-corrected chi connectivity index (χ4v) is 15.7. The Bertz CT molecular complexity index is 2960. The molecule has 12 rings (SSSR count). The molecule has 2 nitrogen and oxygen atoms in total. The summed E-state index contributed by atoms with van der Waals surface area (Å²) in [5.41, 5.74) is 28.3. The Kier molecular flexibility index (Phi) is 10.1. The molecule has 4 aromatic rings. The molecule has 2 saturated carbocycles. The third-order valence-electron chi connectivity index (χ3n) is 20.8. The number of rotatable bonds is 3. The third kappa shape index (κ3) is 6.98. The first kappa shape index (κ1) is 46.8. The van der Waals surface area contributed by atoms with Gasteiger partial charge in [0, 0.05) is 34.1 Å². The van der Waals surface area contributed by atoms with Gasteiger partial charge in [0.05, 0.1) is 0 Å². The second kappa shape index (κ2) is 15.2. The van der Waals surface area contributed by atoms with Gasteiger partial charge in [0.2, 0.25) is 6.71 Å². The summed E-state index contributed by atoms with van der Waals surface area (Å²) in [6.45, 7) is 37.7. The first-order valence-electron chi connectivity index (χ1n) is 28.2. The van der Waals surface area contributed by atoms with E-state index < -0.39 is 0 Å². The van der Waals surface area contributed by atoms with Crippen LogP contribution < -0.4 is 20.7 Å². The molecule has 6 aliphatic carbocycles. The summed E-state index contributed by atoms with van der Waals surface area (Å²) in [4.78, 5) is 5.67. The van der Waals surface area contributed by atoms with Crippen LogP contribution >= 0.6 is 0 Å². The predicted molar refractivity (Wildman–Crippen MR) is 301 cm³/mol. The summed E-state index contributed by atoms with van der Waals surface area (Å²) in [6.07, 6.45) is 18.9. The van der Waals surface area contributed by atoms with Gasteiger partial charge in [-0.15, -0.1) is 0 Å². The quantitative estimate of drug-likeness (QED) is 0.189. The highest BCUT2D eigenvalue weighted by Crippen LogP contribution is 2.61. The van der Waals surface area contributed by atoms with Crippen LogP contribution in [-0.2, 0) is 27.1 Å². The SMILES string of the molecule is CC1(C)CCC(C)(C)C2CC3=C(C=C21)CC1=C3N(c2ccc(C(C)(C)C)cc2)c2cc(C3CCCCC3)cc3c2B1c1cc2c(cc1N3c1ccc3c(c1)C(C)(C)CCC3(C)C)C(C)(C)CCC2(C)C. The van der Waals surface area contributed by atoms with Gasteiger partial charge < -0.3 is 9.80 Å². The highest BCUT2D eigenvalue weighted by Gasteiger charge is 2.53. The molecular formula is C67H85BN2. The van der Waals surface area contributed by atoms with Crippen molar-refractivity contribution in [3.05, 3.63) is 134 Å². The van der Waals surface area contributed by atoms with Gasteiger partial charge in [0.15, 0.2) is 0 Å². The average molecular weight is 929 g/mol. The number of benzene rings is 4. The highest BCUT2D eigenvalue weighted by molar-refractivity contribution is 6.95. The predicted octanol–water partition coefficient (Wildman–Crippen LogP) is 17.6. The van der Waals surface area contributed by atoms with Crippen molar-refractivity contribution in [3.63, 3.8) is 0 Å². The molecule has 2 heterocycles. The van der Waals surface area contributed by atoms with E-state index >= 15 is 0 Å². The normalized spacial score (nSPS) is 25.3. The van der Waals surface area contributed by atoms with Crippen LogP contribution in [-0.4, -0.2) is 6.71 Å². The molecule has 2 aliphatic heterocycles. The highest BCUT2D eigenvalue weighted by atomic mass is 15.2. The molecule has 0 saturated heterocycles. The minimum Gasteiger partial charge on any atom is -0.311 e. The number of fused-ring (bicyclic) bond motifs is 7. The van der Waals surface area contributed by atoms with Gasteiger partial charge in [-0.1, -0.05) is 165 Å². The summed E-state index contributed by atoms with van der Waals surface area (Å²) >= 11 is 0. The van der Waals surface area contributed by atoms with E-state index in [0.29, 0.717) is 11.8 Å². The van der Waals surface area contributed by atoms with E-state index in [1.807, 2.05) is 0 Å². The lowest BCUT2D eigenvalue weighted by Crippen LogP contribution is -2.56. The molecule has 0 bridgehead atoms. The van der Waals surface area contributed by atoms with Crippen LogP contribution in [0.15, 0.2) is 101 Å². The smallest absolute Gasteiger partial charge is 0.247 e. The van der Waals surface area contributed by atoms with Crippen LogP contribution in [0.5, 0.6) is 0 Å². The Labute approximate surface area is 425 Å². The second-order valence-electron chi connectivity index (χ2n) is 29.2. The minimum absolute atomic E-state index is 0.0767. The van der Waals surface area contributed by atoms with Gasteiger partial charge in [-0.3, -0.25) is 0 Å². The molecule has 4 aromatic carbocycles. The second-order valence-corrected chi connectivity index (χ2v) is 29.2. The molecule has 3 heteroatoms.